The number of esters is 1. The number of nitrogens with one attached hydrogen (secondary N) is 1. The van der Waals surface area contributed by atoms with Crippen molar-refractivity contribution in [3.05, 3.63) is 52.8 Å². The first-order valence-electron chi connectivity index (χ1n) is 13.0. The Morgan fingerprint density at radius 1 is 1.16 bits per heavy atom. The van der Waals surface area contributed by atoms with Crippen LogP contribution in [0.3, 0.4) is 0 Å². The van der Waals surface area contributed by atoms with E-state index < -0.39 is 11.9 Å². The molecule has 0 saturated carbocycles. The summed E-state index contributed by atoms with van der Waals surface area (Å²) < 4.78 is 6.69. The normalized spacial score (nSPS) is 18.6. The molecular weight excluding hydrogens is 474 g/mol. The van der Waals surface area contributed by atoms with Crippen LogP contribution in [0.1, 0.15) is 65.2 Å². The molecule has 10 heteroatoms. The monoisotopic (exact) mass is 509 g/mol. The van der Waals surface area contributed by atoms with Gasteiger partial charge in [0.2, 0.25) is 5.91 Å². The van der Waals surface area contributed by atoms with E-state index in [-0.39, 0.29) is 35.9 Å². The third-order valence-corrected chi connectivity index (χ3v) is 6.84. The average molecular weight is 510 g/mol. The third-order valence-electron chi connectivity index (χ3n) is 6.84. The predicted molar refractivity (Wildman–Crippen MR) is 136 cm³/mol. The molecule has 0 bridgehead atoms. The maximum absolute atomic E-state index is 13.3. The second-order valence-electron chi connectivity index (χ2n) is 9.78. The van der Waals surface area contributed by atoms with Crippen molar-refractivity contribution in [1.29, 1.82) is 0 Å². The molecule has 37 heavy (non-hydrogen) atoms. The number of piperidine rings is 1. The molecule has 198 valence electrons. The van der Waals surface area contributed by atoms with Gasteiger partial charge in [-0.3, -0.25) is 23.9 Å². The van der Waals surface area contributed by atoms with E-state index >= 15 is 0 Å². The maximum Gasteiger partial charge on any atom is 0.310 e. The molecule has 0 unspecified atom stereocenters. The van der Waals surface area contributed by atoms with Crippen LogP contribution in [0.15, 0.2) is 30.3 Å². The van der Waals surface area contributed by atoms with Gasteiger partial charge in [0, 0.05) is 38.8 Å². The lowest BCUT2D eigenvalue weighted by Gasteiger charge is -2.33. The van der Waals surface area contributed by atoms with Gasteiger partial charge in [0.25, 0.3) is 11.8 Å². The van der Waals surface area contributed by atoms with Crippen LogP contribution in [0.5, 0.6) is 0 Å². The first-order valence-corrected chi connectivity index (χ1v) is 13.0. The molecule has 0 aliphatic carbocycles. The Kier molecular flexibility index (Phi) is 8.25. The molecule has 2 aliphatic rings. The van der Waals surface area contributed by atoms with E-state index in [2.05, 4.69) is 16.5 Å². The van der Waals surface area contributed by atoms with Gasteiger partial charge in [-0.05, 0) is 45.6 Å². The number of benzene rings is 1. The van der Waals surface area contributed by atoms with Crippen molar-refractivity contribution in [2.75, 3.05) is 26.2 Å². The minimum Gasteiger partial charge on any atom is -0.466 e. The minimum atomic E-state index is -0.802. The summed E-state index contributed by atoms with van der Waals surface area (Å²) in [4.78, 5) is 54.7. The molecule has 1 N–H and O–H groups in total. The highest BCUT2D eigenvalue weighted by atomic mass is 16.5. The van der Waals surface area contributed by atoms with Gasteiger partial charge in [-0.15, -0.1) is 0 Å². The number of carbonyl (C=O) groups is 4. The van der Waals surface area contributed by atoms with E-state index in [1.54, 1.807) is 28.3 Å². The molecule has 3 amide bonds. The summed E-state index contributed by atoms with van der Waals surface area (Å²) in [6, 6.07) is 8.75. The standard InChI is InChI=1S/C27H35N5O5/c1-4-37-27(36)21-10-6-11-31(17-21)25(34)19(3)28-24(33)22-15-23-26(35)30(12-7-13-32(23)29-22)16-20-9-5-8-18(2)14-20/h5,8-9,14-15,19,21H,4,6-7,10-13,16-17H2,1-3H3,(H,28,33)/t19-,21+/m0/s1. The number of hydrogen-bond donors (Lipinski definition) is 1. The fourth-order valence-corrected chi connectivity index (χ4v) is 4.96. The van der Waals surface area contributed by atoms with Crippen LogP contribution >= 0.6 is 0 Å². The fraction of sp³-hybridized carbons (Fsp3) is 0.519. The molecule has 2 aliphatic heterocycles. The maximum atomic E-state index is 13.3. The fourth-order valence-electron chi connectivity index (χ4n) is 4.96. The van der Waals surface area contributed by atoms with Crippen molar-refractivity contribution in [3.63, 3.8) is 0 Å². The number of fused-ring (bicyclic) bond motifs is 1. The number of likely N-dealkylation sites (tertiary alicyclic amines) is 1. The molecule has 10 nitrogen and oxygen atoms in total. The number of hydrogen-bond acceptors (Lipinski definition) is 6. The van der Waals surface area contributed by atoms with Crippen LogP contribution in [0, 0.1) is 12.8 Å². The highest BCUT2D eigenvalue weighted by Gasteiger charge is 2.32. The first-order chi connectivity index (χ1) is 17.8. The lowest BCUT2D eigenvalue weighted by molar-refractivity contribution is -0.151. The van der Waals surface area contributed by atoms with Crippen molar-refractivity contribution < 1.29 is 23.9 Å². The molecule has 2 aromatic rings. The summed E-state index contributed by atoms with van der Waals surface area (Å²) in [5, 5.41) is 7.08. The molecule has 1 saturated heterocycles. The quantitative estimate of drug-likeness (QED) is 0.572. The number of ether oxygens (including phenoxy) is 1. The highest BCUT2D eigenvalue weighted by Crippen LogP contribution is 2.20. The lowest BCUT2D eigenvalue weighted by Crippen LogP contribution is -2.51. The van der Waals surface area contributed by atoms with Crippen molar-refractivity contribution in [3.8, 4) is 0 Å². The molecule has 3 heterocycles. The number of aryl methyl sites for hydroxylation is 2. The largest absolute Gasteiger partial charge is 0.466 e. The SMILES string of the molecule is CCOC(=O)[C@@H]1CCCN(C(=O)[C@H](C)NC(=O)c2cc3n(n2)CCCN(Cc2cccc(C)c2)C3=O)C1. The Labute approximate surface area is 216 Å². The van der Waals surface area contributed by atoms with Gasteiger partial charge >= 0.3 is 5.97 Å². The van der Waals surface area contributed by atoms with Gasteiger partial charge in [-0.2, -0.15) is 5.10 Å². The molecule has 0 radical (unpaired) electrons. The zero-order valence-corrected chi connectivity index (χ0v) is 21.7. The van der Waals surface area contributed by atoms with Crippen molar-refractivity contribution >= 4 is 23.7 Å². The summed E-state index contributed by atoms with van der Waals surface area (Å²) >= 11 is 0. The minimum absolute atomic E-state index is 0.100. The van der Waals surface area contributed by atoms with E-state index in [4.69, 9.17) is 4.74 Å². The van der Waals surface area contributed by atoms with Gasteiger partial charge in [0.1, 0.15) is 11.7 Å². The number of carbonyl (C=O) groups excluding carboxylic acids is 4. The summed E-state index contributed by atoms with van der Waals surface area (Å²) in [5.41, 5.74) is 2.65. The van der Waals surface area contributed by atoms with Crippen molar-refractivity contribution in [2.24, 2.45) is 5.92 Å². The number of nitrogens with zero attached hydrogens (tertiary/aromatic N) is 4. The summed E-state index contributed by atoms with van der Waals surface area (Å²) in [7, 11) is 0. The van der Waals surface area contributed by atoms with E-state index in [0.29, 0.717) is 51.3 Å². The van der Waals surface area contributed by atoms with Crippen molar-refractivity contribution in [2.45, 2.75) is 59.2 Å². The van der Waals surface area contributed by atoms with Crippen LogP contribution in [0.4, 0.5) is 0 Å². The topological polar surface area (TPSA) is 114 Å². The Balaban J connectivity index is 1.39. The lowest BCUT2D eigenvalue weighted by atomic mass is 9.97. The van der Waals surface area contributed by atoms with Gasteiger partial charge in [0.15, 0.2) is 5.69 Å². The van der Waals surface area contributed by atoms with E-state index in [1.807, 2.05) is 25.1 Å². The molecular formula is C27H35N5O5. The second-order valence-corrected chi connectivity index (χ2v) is 9.78. The Morgan fingerprint density at radius 3 is 2.73 bits per heavy atom. The predicted octanol–water partition coefficient (Wildman–Crippen LogP) is 2.16. The number of rotatable bonds is 7. The van der Waals surface area contributed by atoms with Crippen LogP contribution in [0.2, 0.25) is 0 Å². The first kappa shape index (κ1) is 26.4. The van der Waals surface area contributed by atoms with Crippen LogP contribution < -0.4 is 5.32 Å². The Bertz CT molecular complexity index is 1180. The molecule has 1 fully saturated rings. The molecule has 1 aromatic carbocycles. The number of amides is 3. The van der Waals surface area contributed by atoms with E-state index in [0.717, 1.165) is 17.5 Å². The number of aromatic nitrogens is 2. The molecule has 4 rings (SSSR count). The van der Waals surface area contributed by atoms with Gasteiger partial charge in [-0.25, -0.2) is 0 Å². The molecule has 2 atom stereocenters. The van der Waals surface area contributed by atoms with Crippen LogP contribution in [-0.4, -0.2) is 75.6 Å². The highest BCUT2D eigenvalue weighted by molar-refractivity contribution is 5.99. The average Bonchev–Trinajstić information content (AvgIpc) is 3.26. The summed E-state index contributed by atoms with van der Waals surface area (Å²) in [6.45, 7) is 8.11. The molecule has 1 aromatic heterocycles. The van der Waals surface area contributed by atoms with Gasteiger partial charge in [-0.1, -0.05) is 29.8 Å². The van der Waals surface area contributed by atoms with Gasteiger partial charge < -0.3 is 19.9 Å². The Hall–Kier alpha value is -3.69. The zero-order valence-electron chi connectivity index (χ0n) is 21.7. The van der Waals surface area contributed by atoms with Gasteiger partial charge in [0.05, 0.1) is 12.5 Å². The zero-order chi connectivity index (χ0) is 26.5. The molecule has 0 spiro atoms. The van der Waals surface area contributed by atoms with Crippen LogP contribution in [0.25, 0.3) is 0 Å². The van der Waals surface area contributed by atoms with Crippen LogP contribution in [-0.2, 0) is 27.4 Å². The van der Waals surface area contributed by atoms with Crippen molar-refractivity contribution in [1.82, 2.24) is 24.9 Å². The third kappa shape index (κ3) is 6.18. The summed E-state index contributed by atoms with van der Waals surface area (Å²) in [6.07, 6.45) is 2.10. The smallest absolute Gasteiger partial charge is 0.310 e. The summed E-state index contributed by atoms with van der Waals surface area (Å²) in [5.74, 6) is -1.59. The van der Waals surface area contributed by atoms with E-state index in [9.17, 15) is 19.2 Å². The Morgan fingerprint density at radius 2 is 1.97 bits per heavy atom. The van der Waals surface area contributed by atoms with E-state index in [1.165, 1.54) is 6.07 Å². The second kappa shape index (κ2) is 11.6.